The number of carbonyl (C=O) groups excluding carboxylic acids is 1. The molecule has 1 aromatic carbocycles. The zero-order valence-electron chi connectivity index (χ0n) is 14.5. The SMILES string of the molecule is CC(CCc1ccccc1)NC(=O)NC(C)c1nnc2ccccn12. The Labute approximate surface area is 147 Å². The predicted octanol–water partition coefficient (Wildman–Crippen LogP) is 3.11. The average molecular weight is 337 g/mol. The van der Waals surface area contributed by atoms with E-state index in [0.717, 1.165) is 18.5 Å². The van der Waals surface area contributed by atoms with Gasteiger partial charge in [-0.1, -0.05) is 36.4 Å². The van der Waals surface area contributed by atoms with E-state index < -0.39 is 0 Å². The maximum Gasteiger partial charge on any atom is 0.315 e. The summed E-state index contributed by atoms with van der Waals surface area (Å²) in [5.41, 5.74) is 2.04. The molecule has 130 valence electrons. The van der Waals surface area contributed by atoms with Gasteiger partial charge >= 0.3 is 6.03 Å². The van der Waals surface area contributed by atoms with Crippen LogP contribution in [0.15, 0.2) is 54.7 Å². The van der Waals surface area contributed by atoms with Gasteiger partial charge in [0.2, 0.25) is 0 Å². The molecule has 0 aliphatic rings. The Morgan fingerprint density at radius 3 is 2.60 bits per heavy atom. The maximum atomic E-state index is 12.2. The van der Waals surface area contributed by atoms with Crippen molar-refractivity contribution in [3.05, 3.63) is 66.1 Å². The highest BCUT2D eigenvalue weighted by Crippen LogP contribution is 2.11. The van der Waals surface area contributed by atoms with Gasteiger partial charge in [0.1, 0.15) is 0 Å². The van der Waals surface area contributed by atoms with E-state index in [1.54, 1.807) is 0 Å². The summed E-state index contributed by atoms with van der Waals surface area (Å²) in [7, 11) is 0. The molecule has 0 radical (unpaired) electrons. The van der Waals surface area contributed by atoms with Gasteiger partial charge in [-0.3, -0.25) is 4.40 Å². The monoisotopic (exact) mass is 337 g/mol. The smallest absolute Gasteiger partial charge is 0.315 e. The Morgan fingerprint density at radius 2 is 1.80 bits per heavy atom. The van der Waals surface area contributed by atoms with Crippen molar-refractivity contribution in [2.24, 2.45) is 0 Å². The first kappa shape index (κ1) is 17.0. The Balaban J connectivity index is 1.51. The quantitative estimate of drug-likeness (QED) is 0.726. The number of pyridine rings is 1. The first-order chi connectivity index (χ1) is 12.1. The van der Waals surface area contributed by atoms with E-state index >= 15 is 0 Å². The van der Waals surface area contributed by atoms with Crippen LogP contribution >= 0.6 is 0 Å². The van der Waals surface area contributed by atoms with Crippen molar-refractivity contribution in [2.75, 3.05) is 0 Å². The second kappa shape index (κ2) is 7.79. The van der Waals surface area contributed by atoms with Crippen molar-refractivity contribution in [3.8, 4) is 0 Å². The van der Waals surface area contributed by atoms with Crippen molar-refractivity contribution in [1.82, 2.24) is 25.2 Å². The number of carbonyl (C=O) groups is 1. The van der Waals surface area contributed by atoms with Crippen LogP contribution in [0.4, 0.5) is 4.79 Å². The summed E-state index contributed by atoms with van der Waals surface area (Å²) >= 11 is 0. The molecule has 0 aliphatic carbocycles. The van der Waals surface area contributed by atoms with E-state index in [1.807, 2.05) is 60.8 Å². The minimum absolute atomic E-state index is 0.0857. The number of aromatic nitrogens is 3. The highest BCUT2D eigenvalue weighted by Gasteiger charge is 2.16. The number of hydrogen-bond acceptors (Lipinski definition) is 3. The normalized spacial score (nSPS) is 13.4. The van der Waals surface area contributed by atoms with Crippen molar-refractivity contribution in [3.63, 3.8) is 0 Å². The fourth-order valence-corrected chi connectivity index (χ4v) is 2.78. The van der Waals surface area contributed by atoms with Gasteiger partial charge in [0.25, 0.3) is 0 Å². The minimum Gasteiger partial charge on any atom is -0.336 e. The number of urea groups is 1. The fourth-order valence-electron chi connectivity index (χ4n) is 2.78. The Kier molecular flexibility index (Phi) is 5.28. The predicted molar refractivity (Wildman–Crippen MR) is 97.3 cm³/mol. The van der Waals surface area contributed by atoms with Gasteiger partial charge in [-0.2, -0.15) is 0 Å². The summed E-state index contributed by atoms with van der Waals surface area (Å²) in [6.07, 6.45) is 3.72. The van der Waals surface area contributed by atoms with E-state index in [2.05, 4.69) is 33.0 Å². The molecular weight excluding hydrogens is 314 g/mol. The Morgan fingerprint density at radius 1 is 1.04 bits per heavy atom. The van der Waals surface area contributed by atoms with E-state index in [1.165, 1.54) is 5.56 Å². The van der Waals surface area contributed by atoms with Gasteiger partial charge in [-0.15, -0.1) is 10.2 Å². The Hall–Kier alpha value is -2.89. The van der Waals surface area contributed by atoms with Crippen LogP contribution in [0.1, 0.15) is 37.7 Å². The second-order valence-corrected chi connectivity index (χ2v) is 6.25. The summed E-state index contributed by atoms with van der Waals surface area (Å²) in [4.78, 5) is 12.2. The van der Waals surface area contributed by atoms with Gasteiger partial charge in [0.05, 0.1) is 6.04 Å². The third kappa shape index (κ3) is 4.35. The van der Waals surface area contributed by atoms with Crippen molar-refractivity contribution < 1.29 is 4.79 Å². The largest absolute Gasteiger partial charge is 0.336 e. The van der Waals surface area contributed by atoms with Crippen molar-refractivity contribution in [1.29, 1.82) is 0 Å². The molecule has 2 aromatic heterocycles. The number of nitrogens with zero attached hydrogens (tertiary/aromatic N) is 3. The van der Waals surface area contributed by atoms with Gasteiger partial charge in [-0.05, 0) is 44.4 Å². The summed E-state index contributed by atoms with van der Waals surface area (Å²) < 4.78 is 1.88. The van der Waals surface area contributed by atoms with Crippen LogP contribution in [0.25, 0.3) is 5.65 Å². The number of nitrogens with one attached hydrogen (secondary N) is 2. The van der Waals surface area contributed by atoms with Crippen LogP contribution in [0, 0.1) is 0 Å². The molecule has 0 bridgehead atoms. The zero-order valence-corrected chi connectivity index (χ0v) is 14.5. The lowest BCUT2D eigenvalue weighted by Gasteiger charge is -2.17. The number of benzene rings is 1. The molecule has 3 rings (SSSR count). The van der Waals surface area contributed by atoms with Crippen LogP contribution in [-0.4, -0.2) is 26.7 Å². The van der Waals surface area contributed by atoms with Crippen LogP contribution in [0.3, 0.4) is 0 Å². The number of amides is 2. The third-order valence-corrected chi connectivity index (χ3v) is 4.16. The number of rotatable bonds is 6. The fraction of sp³-hybridized carbons (Fsp3) is 0.316. The molecule has 6 nitrogen and oxygen atoms in total. The van der Waals surface area contributed by atoms with Crippen LogP contribution < -0.4 is 10.6 Å². The molecule has 2 amide bonds. The second-order valence-electron chi connectivity index (χ2n) is 6.25. The lowest BCUT2D eigenvalue weighted by Crippen LogP contribution is -2.42. The lowest BCUT2D eigenvalue weighted by atomic mass is 10.1. The Bertz CT molecular complexity index is 830. The third-order valence-electron chi connectivity index (χ3n) is 4.16. The first-order valence-electron chi connectivity index (χ1n) is 8.54. The molecule has 2 atom stereocenters. The highest BCUT2D eigenvalue weighted by atomic mass is 16.2. The lowest BCUT2D eigenvalue weighted by molar-refractivity contribution is 0.233. The van der Waals surface area contributed by atoms with Crippen LogP contribution in [-0.2, 0) is 6.42 Å². The standard InChI is InChI=1S/C19H23N5O/c1-14(11-12-16-8-4-3-5-9-16)20-19(25)21-15(2)18-23-22-17-10-6-7-13-24(17)18/h3-10,13-15H,11-12H2,1-2H3,(H2,20,21,25). The van der Waals surface area contributed by atoms with E-state index in [0.29, 0.717) is 5.82 Å². The van der Waals surface area contributed by atoms with Gasteiger partial charge in [0.15, 0.2) is 11.5 Å². The summed E-state index contributed by atoms with van der Waals surface area (Å²) in [5.74, 6) is 0.711. The molecule has 25 heavy (non-hydrogen) atoms. The molecule has 0 spiro atoms. The average Bonchev–Trinajstić information content (AvgIpc) is 3.05. The number of aryl methyl sites for hydroxylation is 1. The minimum atomic E-state index is -0.237. The van der Waals surface area contributed by atoms with E-state index in [-0.39, 0.29) is 18.1 Å². The molecular formula is C19H23N5O. The summed E-state index contributed by atoms with van der Waals surface area (Å²) in [6.45, 7) is 3.91. The molecule has 0 aliphatic heterocycles. The van der Waals surface area contributed by atoms with Gasteiger partial charge < -0.3 is 10.6 Å². The molecule has 2 unspecified atom stereocenters. The number of fused-ring (bicyclic) bond motifs is 1. The topological polar surface area (TPSA) is 71.3 Å². The van der Waals surface area contributed by atoms with Crippen LogP contribution in [0.2, 0.25) is 0 Å². The maximum absolute atomic E-state index is 12.2. The van der Waals surface area contributed by atoms with Gasteiger partial charge in [0, 0.05) is 12.2 Å². The molecule has 3 aromatic rings. The molecule has 0 fully saturated rings. The molecule has 0 saturated carbocycles. The molecule has 0 saturated heterocycles. The van der Waals surface area contributed by atoms with E-state index in [9.17, 15) is 4.79 Å². The first-order valence-corrected chi connectivity index (χ1v) is 8.54. The van der Waals surface area contributed by atoms with Gasteiger partial charge in [-0.25, -0.2) is 4.79 Å². The molecule has 2 heterocycles. The number of hydrogen-bond donors (Lipinski definition) is 2. The molecule has 6 heteroatoms. The summed E-state index contributed by atoms with van der Waals surface area (Å²) in [6, 6.07) is 15.6. The van der Waals surface area contributed by atoms with Crippen LogP contribution in [0.5, 0.6) is 0 Å². The summed E-state index contributed by atoms with van der Waals surface area (Å²) in [5, 5.41) is 14.2. The highest BCUT2D eigenvalue weighted by molar-refractivity contribution is 5.74. The van der Waals surface area contributed by atoms with Crippen molar-refractivity contribution in [2.45, 2.75) is 38.8 Å². The van der Waals surface area contributed by atoms with Crippen molar-refractivity contribution >= 4 is 11.7 Å². The van der Waals surface area contributed by atoms with E-state index in [4.69, 9.17) is 0 Å². The molecule has 2 N–H and O–H groups in total. The zero-order chi connectivity index (χ0) is 17.6.